The molecule has 0 spiro atoms. The lowest BCUT2D eigenvalue weighted by molar-refractivity contribution is -0.119. The van der Waals surface area contributed by atoms with Crippen molar-refractivity contribution in [2.24, 2.45) is 15.9 Å². The van der Waals surface area contributed by atoms with Gasteiger partial charge >= 0.3 is 0 Å². The van der Waals surface area contributed by atoms with E-state index >= 15 is 0 Å². The molecule has 0 aromatic carbocycles. The van der Waals surface area contributed by atoms with Crippen LogP contribution in [0.2, 0.25) is 0 Å². The number of amides is 1. The van der Waals surface area contributed by atoms with Crippen LogP contribution in [-0.2, 0) is 4.79 Å². The molecule has 2 rings (SSSR count). The summed E-state index contributed by atoms with van der Waals surface area (Å²) in [5.74, 6) is 1.39. The molecule has 31 heavy (non-hydrogen) atoms. The first kappa shape index (κ1) is 25.3. The number of amidine groups is 1. The second kappa shape index (κ2) is 12.2. The van der Waals surface area contributed by atoms with E-state index in [0.29, 0.717) is 31.1 Å². The minimum Gasteiger partial charge on any atom is -0.351 e. The van der Waals surface area contributed by atoms with Crippen molar-refractivity contribution in [3.63, 3.8) is 0 Å². The molecule has 0 radical (unpaired) electrons. The second-order valence-corrected chi connectivity index (χ2v) is 8.91. The van der Waals surface area contributed by atoms with Crippen molar-refractivity contribution in [3.8, 4) is 0 Å². The smallest absolute Gasteiger partial charge is 0.242 e. The molecule has 1 saturated heterocycles. The number of rotatable bonds is 10. The molecule has 1 fully saturated rings. The summed E-state index contributed by atoms with van der Waals surface area (Å²) >= 11 is 1.77. The van der Waals surface area contributed by atoms with Gasteiger partial charge in [-0.2, -0.15) is 0 Å². The molecule has 5 nitrogen and oxygen atoms in total. The Hall–Kier alpha value is -1.96. The van der Waals surface area contributed by atoms with Gasteiger partial charge in [0, 0.05) is 44.6 Å². The van der Waals surface area contributed by atoms with Gasteiger partial charge in [0.15, 0.2) is 0 Å². The normalized spacial score (nSPS) is 21.8. The molecule has 1 amide bonds. The van der Waals surface area contributed by atoms with Crippen LogP contribution in [0.15, 0.2) is 44.9 Å². The van der Waals surface area contributed by atoms with Crippen molar-refractivity contribution in [1.82, 2.24) is 10.2 Å². The Morgan fingerprint density at radius 2 is 2.19 bits per heavy atom. The maximum Gasteiger partial charge on any atom is 0.242 e. The summed E-state index contributed by atoms with van der Waals surface area (Å²) in [4.78, 5) is 23.2. The Morgan fingerprint density at radius 3 is 2.77 bits per heavy atom. The number of carbonyl (C=O) groups is 1. The first-order chi connectivity index (χ1) is 14.8. The fourth-order valence-electron chi connectivity index (χ4n) is 3.87. The third kappa shape index (κ3) is 6.76. The zero-order valence-corrected chi connectivity index (χ0v) is 19.9. The van der Waals surface area contributed by atoms with Crippen LogP contribution in [0.5, 0.6) is 0 Å². The van der Waals surface area contributed by atoms with Crippen LogP contribution < -0.4 is 5.32 Å². The molecule has 0 aromatic rings. The maximum atomic E-state index is 12.6. The van der Waals surface area contributed by atoms with Crippen LogP contribution in [0, 0.1) is 5.92 Å². The summed E-state index contributed by atoms with van der Waals surface area (Å²) < 4.78 is 25.2. The number of aliphatic imine (C=N–C) groups is 2. The Balaban J connectivity index is 2.41. The Kier molecular flexibility index (Phi) is 9.93. The highest BCUT2D eigenvalue weighted by Crippen LogP contribution is 2.35. The summed E-state index contributed by atoms with van der Waals surface area (Å²) in [6.45, 7) is 9.05. The number of halogens is 2. The van der Waals surface area contributed by atoms with Gasteiger partial charge in [0.1, 0.15) is 5.84 Å². The van der Waals surface area contributed by atoms with Crippen LogP contribution >= 0.6 is 11.8 Å². The van der Waals surface area contributed by atoms with Gasteiger partial charge in [-0.25, -0.2) is 8.78 Å². The molecule has 2 aliphatic heterocycles. The topological polar surface area (TPSA) is 57.1 Å². The predicted octanol–water partition coefficient (Wildman–Crippen LogP) is 4.83. The predicted molar refractivity (Wildman–Crippen MR) is 127 cm³/mol. The monoisotopic (exact) mass is 452 g/mol. The van der Waals surface area contributed by atoms with E-state index in [-0.39, 0.29) is 23.6 Å². The van der Waals surface area contributed by atoms with Gasteiger partial charge in [0.05, 0.1) is 23.5 Å². The summed E-state index contributed by atoms with van der Waals surface area (Å²) in [5, 5.41) is 5.33. The van der Waals surface area contributed by atoms with Gasteiger partial charge in [-0.15, -0.1) is 11.8 Å². The van der Waals surface area contributed by atoms with E-state index in [9.17, 15) is 13.6 Å². The Labute approximate surface area is 188 Å². The summed E-state index contributed by atoms with van der Waals surface area (Å²) in [6, 6.07) is -0.0155. The van der Waals surface area contributed by atoms with Crippen LogP contribution in [0.25, 0.3) is 0 Å². The number of nitrogens with zero attached hydrogens (tertiary/aromatic N) is 3. The van der Waals surface area contributed by atoms with E-state index in [1.54, 1.807) is 24.9 Å². The average molecular weight is 453 g/mol. The SMILES string of the molecule is C/C=C\SC(C1=NCC(C(/C=C\CC(F)F)=NC)=C2CC(NC(C)=O)CN12)C(C)CC. The fraction of sp³-hybridized carbons (Fsp3) is 0.609. The molecule has 3 unspecified atom stereocenters. The fourth-order valence-corrected chi connectivity index (χ4v) is 4.98. The molecule has 0 bridgehead atoms. The lowest BCUT2D eigenvalue weighted by Gasteiger charge is -2.35. The Bertz CT molecular complexity index is 788. The van der Waals surface area contributed by atoms with Crippen molar-refractivity contribution in [2.75, 3.05) is 20.1 Å². The summed E-state index contributed by atoms with van der Waals surface area (Å²) in [7, 11) is 1.67. The molecule has 8 heteroatoms. The van der Waals surface area contributed by atoms with Gasteiger partial charge < -0.3 is 10.2 Å². The molecule has 2 aliphatic rings. The van der Waals surface area contributed by atoms with Crippen molar-refractivity contribution in [2.45, 2.75) is 64.7 Å². The van der Waals surface area contributed by atoms with Crippen LogP contribution in [0.4, 0.5) is 8.78 Å². The molecule has 0 aromatic heterocycles. The van der Waals surface area contributed by atoms with Gasteiger partial charge in [-0.1, -0.05) is 32.4 Å². The number of fused-ring (bicyclic) bond motifs is 1. The molecular weight excluding hydrogens is 418 g/mol. The first-order valence-corrected chi connectivity index (χ1v) is 11.8. The number of thioether (sulfide) groups is 1. The zero-order chi connectivity index (χ0) is 23.0. The molecule has 0 saturated carbocycles. The molecular formula is C23H34F2N4OS. The molecule has 172 valence electrons. The number of hydrogen-bond donors (Lipinski definition) is 1. The van der Waals surface area contributed by atoms with Crippen molar-refractivity contribution < 1.29 is 13.6 Å². The molecule has 2 heterocycles. The van der Waals surface area contributed by atoms with Crippen LogP contribution in [-0.4, -0.2) is 60.2 Å². The highest BCUT2D eigenvalue weighted by molar-refractivity contribution is 8.03. The van der Waals surface area contributed by atoms with E-state index in [1.807, 2.05) is 13.0 Å². The van der Waals surface area contributed by atoms with Crippen molar-refractivity contribution >= 4 is 29.2 Å². The molecule has 3 atom stereocenters. The minimum atomic E-state index is -2.38. The van der Waals surface area contributed by atoms with E-state index in [2.05, 4.69) is 34.5 Å². The zero-order valence-electron chi connectivity index (χ0n) is 19.1. The van der Waals surface area contributed by atoms with E-state index in [0.717, 1.165) is 23.5 Å². The van der Waals surface area contributed by atoms with E-state index in [1.165, 1.54) is 13.0 Å². The lowest BCUT2D eigenvalue weighted by atomic mass is 9.99. The third-order valence-corrected chi connectivity index (χ3v) is 6.91. The number of alkyl halides is 2. The average Bonchev–Trinajstić information content (AvgIpc) is 3.14. The number of allylic oxidation sites excluding steroid dienone is 3. The summed E-state index contributed by atoms with van der Waals surface area (Å²) in [5.41, 5.74) is 2.71. The van der Waals surface area contributed by atoms with Gasteiger partial charge in [0.25, 0.3) is 0 Å². The van der Waals surface area contributed by atoms with Crippen LogP contribution in [0.3, 0.4) is 0 Å². The largest absolute Gasteiger partial charge is 0.351 e. The standard InChI is InChI=1S/C23H34F2N4OS/c1-6-11-31-22(15(3)7-2)23-27-13-18(19(26-5)9-8-10-21(24)25)20-12-17(14-29(20)23)28-16(4)30/h6,8-9,11,15,17,21-22H,7,10,12-14H2,1-5H3,(H,28,30)/b9-8-,11-6-,26-19?. The third-order valence-electron chi connectivity index (χ3n) is 5.52. The van der Waals surface area contributed by atoms with Crippen molar-refractivity contribution in [3.05, 3.63) is 34.9 Å². The lowest BCUT2D eigenvalue weighted by Crippen LogP contribution is -2.43. The van der Waals surface area contributed by atoms with Crippen molar-refractivity contribution in [1.29, 1.82) is 0 Å². The van der Waals surface area contributed by atoms with E-state index < -0.39 is 6.43 Å². The van der Waals surface area contributed by atoms with Gasteiger partial charge in [0.2, 0.25) is 12.3 Å². The quantitative estimate of drug-likeness (QED) is 0.483. The summed E-state index contributed by atoms with van der Waals surface area (Å²) in [6.07, 6.45) is 4.19. The second-order valence-electron chi connectivity index (χ2n) is 7.86. The highest BCUT2D eigenvalue weighted by atomic mass is 32.2. The van der Waals surface area contributed by atoms with Crippen LogP contribution in [0.1, 0.15) is 47.0 Å². The first-order valence-electron chi connectivity index (χ1n) is 10.8. The number of hydrogen-bond acceptors (Lipinski definition) is 5. The van der Waals surface area contributed by atoms with Gasteiger partial charge in [-0.05, 0) is 24.3 Å². The van der Waals surface area contributed by atoms with E-state index in [4.69, 9.17) is 4.99 Å². The molecule has 0 aliphatic carbocycles. The Morgan fingerprint density at radius 1 is 1.45 bits per heavy atom. The maximum absolute atomic E-state index is 12.6. The number of nitrogens with one attached hydrogen (secondary N) is 1. The number of carbonyl (C=O) groups excluding carboxylic acids is 1. The molecule has 1 N–H and O–H groups in total. The minimum absolute atomic E-state index is 0.0155. The highest BCUT2D eigenvalue weighted by Gasteiger charge is 2.39. The van der Waals surface area contributed by atoms with Gasteiger partial charge in [-0.3, -0.25) is 14.8 Å².